The molecule has 1 aliphatic heterocycles. The number of carbonyl (C=O) groups excluding carboxylic acids is 3. The third-order valence-electron chi connectivity index (χ3n) is 4.86. The summed E-state index contributed by atoms with van der Waals surface area (Å²) in [5, 5.41) is 2.38. The van der Waals surface area contributed by atoms with Crippen LogP contribution in [0, 0.1) is 11.6 Å². The maximum Gasteiger partial charge on any atom is 0.325 e. The van der Waals surface area contributed by atoms with E-state index in [2.05, 4.69) is 12.2 Å². The molecule has 0 bridgehead atoms. The summed E-state index contributed by atoms with van der Waals surface area (Å²) in [4.78, 5) is 38.4. The van der Waals surface area contributed by atoms with Crippen molar-refractivity contribution in [3.05, 3.63) is 70.8 Å². The van der Waals surface area contributed by atoms with Gasteiger partial charge in [-0.15, -0.1) is 0 Å². The molecular weight excluding hydrogens is 366 g/mol. The molecular formula is C21H20F2N2O3. The van der Waals surface area contributed by atoms with Crippen LogP contribution in [0.15, 0.2) is 42.5 Å². The quantitative estimate of drug-likeness (QED) is 0.610. The van der Waals surface area contributed by atoms with Gasteiger partial charge in [0, 0.05) is 11.1 Å². The zero-order chi connectivity index (χ0) is 20.5. The molecule has 1 atom stereocenters. The smallest absolute Gasteiger partial charge is 0.319 e. The highest BCUT2D eigenvalue weighted by Crippen LogP contribution is 2.31. The van der Waals surface area contributed by atoms with Gasteiger partial charge in [0.2, 0.25) is 0 Å². The number of aryl methyl sites for hydroxylation is 1. The maximum atomic E-state index is 14.2. The van der Waals surface area contributed by atoms with Crippen molar-refractivity contribution in [1.29, 1.82) is 0 Å². The summed E-state index contributed by atoms with van der Waals surface area (Å²) >= 11 is 0. The van der Waals surface area contributed by atoms with Gasteiger partial charge < -0.3 is 5.32 Å². The van der Waals surface area contributed by atoms with Gasteiger partial charge in [0.15, 0.2) is 5.78 Å². The zero-order valence-electron chi connectivity index (χ0n) is 15.6. The SMILES string of the molecule is CCCc1ccc(C(=O)CN2C(=O)N[C@@](C)(c3cc(F)ccc3F)C2=O)cc1. The standard InChI is InChI=1S/C21H20F2N2O3/c1-3-4-13-5-7-14(8-6-13)18(26)12-25-19(27)21(2,24-20(25)28)16-11-15(22)9-10-17(16)23/h5-11H,3-4,12H2,1-2H3,(H,24,28)/t21-/m0/s1. The van der Waals surface area contributed by atoms with Gasteiger partial charge in [-0.1, -0.05) is 37.6 Å². The third kappa shape index (κ3) is 3.52. The highest BCUT2D eigenvalue weighted by molar-refractivity contribution is 6.11. The number of benzene rings is 2. The minimum atomic E-state index is -1.78. The molecule has 3 rings (SSSR count). The average Bonchev–Trinajstić information content (AvgIpc) is 2.88. The molecule has 0 saturated carbocycles. The van der Waals surface area contributed by atoms with Crippen molar-refractivity contribution in [1.82, 2.24) is 10.2 Å². The molecule has 1 aliphatic rings. The Morgan fingerprint density at radius 3 is 2.43 bits per heavy atom. The van der Waals surface area contributed by atoms with Gasteiger partial charge in [-0.25, -0.2) is 13.6 Å². The first-order valence-corrected chi connectivity index (χ1v) is 8.98. The predicted molar refractivity (Wildman–Crippen MR) is 98.7 cm³/mol. The van der Waals surface area contributed by atoms with Crippen molar-refractivity contribution < 1.29 is 23.2 Å². The summed E-state index contributed by atoms with van der Waals surface area (Å²) < 4.78 is 27.7. The summed E-state index contributed by atoms with van der Waals surface area (Å²) in [6.07, 6.45) is 1.87. The van der Waals surface area contributed by atoms with Crippen LogP contribution in [-0.2, 0) is 16.8 Å². The fraction of sp³-hybridized carbons (Fsp3) is 0.286. The van der Waals surface area contributed by atoms with Crippen LogP contribution in [-0.4, -0.2) is 29.2 Å². The van der Waals surface area contributed by atoms with Crippen molar-refractivity contribution in [2.24, 2.45) is 0 Å². The second kappa shape index (κ2) is 7.50. The second-order valence-corrected chi connectivity index (χ2v) is 6.94. The van der Waals surface area contributed by atoms with E-state index in [0.29, 0.717) is 5.56 Å². The van der Waals surface area contributed by atoms with Gasteiger partial charge in [0.1, 0.15) is 17.2 Å². The molecule has 1 fully saturated rings. The number of nitrogens with one attached hydrogen (secondary N) is 1. The van der Waals surface area contributed by atoms with E-state index in [0.717, 1.165) is 41.5 Å². The Kier molecular flexibility index (Phi) is 5.27. The Bertz CT molecular complexity index is 943. The molecule has 1 saturated heterocycles. The van der Waals surface area contributed by atoms with E-state index in [1.54, 1.807) is 12.1 Å². The number of urea groups is 1. The van der Waals surface area contributed by atoms with Crippen LogP contribution in [0.1, 0.15) is 41.8 Å². The van der Waals surface area contributed by atoms with E-state index in [1.807, 2.05) is 12.1 Å². The molecule has 0 radical (unpaired) electrons. The van der Waals surface area contributed by atoms with Crippen LogP contribution in [0.4, 0.5) is 13.6 Å². The largest absolute Gasteiger partial charge is 0.325 e. The number of hydrogen-bond acceptors (Lipinski definition) is 3. The monoisotopic (exact) mass is 386 g/mol. The highest BCUT2D eigenvalue weighted by Gasteiger charge is 2.50. The molecule has 7 heteroatoms. The van der Waals surface area contributed by atoms with Crippen molar-refractivity contribution >= 4 is 17.7 Å². The lowest BCUT2D eigenvalue weighted by molar-refractivity contribution is -0.130. The Morgan fingerprint density at radius 2 is 1.79 bits per heavy atom. The number of imide groups is 1. The van der Waals surface area contributed by atoms with Crippen LogP contribution >= 0.6 is 0 Å². The highest BCUT2D eigenvalue weighted by atomic mass is 19.1. The minimum Gasteiger partial charge on any atom is -0.319 e. The molecule has 0 aliphatic carbocycles. The van der Waals surface area contributed by atoms with Crippen molar-refractivity contribution in [2.45, 2.75) is 32.2 Å². The van der Waals surface area contributed by atoms with E-state index >= 15 is 0 Å². The molecule has 0 aromatic heterocycles. The number of nitrogens with zero attached hydrogens (tertiary/aromatic N) is 1. The first kappa shape index (κ1) is 19.7. The molecule has 3 amide bonds. The van der Waals surface area contributed by atoms with Crippen LogP contribution in [0.2, 0.25) is 0 Å². The number of halogens is 2. The predicted octanol–water partition coefficient (Wildman–Crippen LogP) is 3.57. The lowest BCUT2D eigenvalue weighted by Gasteiger charge is -2.22. The summed E-state index contributed by atoms with van der Waals surface area (Å²) in [5.74, 6) is -2.79. The molecule has 28 heavy (non-hydrogen) atoms. The first-order chi connectivity index (χ1) is 13.3. The van der Waals surface area contributed by atoms with Gasteiger partial charge in [-0.3, -0.25) is 14.5 Å². The number of amides is 3. The minimum absolute atomic E-state index is 0.287. The van der Waals surface area contributed by atoms with Crippen LogP contribution < -0.4 is 5.32 Å². The number of rotatable bonds is 6. The number of Topliss-reactive ketones (excluding diaryl/α,β-unsaturated/α-hetero) is 1. The average molecular weight is 386 g/mol. The maximum absolute atomic E-state index is 14.2. The zero-order valence-corrected chi connectivity index (χ0v) is 15.6. The van der Waals surface area contributed by atoms with Crippen molar-refractivity contribution in [2.75, 3.05) is 6.54 Å². The summed E-state index contributed by atoms with van der Waals surface area (Å²) in [7, 11) is 0. The third-order valence-corrected chi connectivity index (χ3v) is 4.86. The fourth-order valence-electron chi connectivity index (χ4n) is 3.28. The van der Waals surface area contributed by atoms with Gasteiger partial charge in [0.05, 0.1) is 6.54 Å². The number of hydrogen-bond donors (Lipinski definition) is 1. The Labute approximate surface area is 161 Å². The van der Waals surface area contributed by atoms with E-state index in [9.17, 15) is 23.2 Å². The molecule has 0 spiro atoms. The van der Waals surface area contributed by atoms with Crippen molar-refractivity contribution in [3.8, 4) is 0 Å². The van der Waals surface area contributed by atoms with Crippen LogP contribution in [0.3, 0.4) is 0 Å². The van der Waals surface area contributed by atoms with Gasteiger partial charge in [-0.05, 0) is 37.1 Å². The number of carbonyl (C=O) groups is 3. The van der Waals surface area contributed by atoms with E-state index < -0.39 is 41.4 Å². The Balaban J connectivity index is 1.82. The lowest BCUT2D eigenvalue weighted by atomic mass is 9.91. The molecule has 146 valence electrons. The van der Waals surface area contributed by atoms with E-state index in [4.69, 9.17) is 0 Å². The van der Waals surface area contributed by atoms with Crippen LogP contribution in [0.25, 0.3) is 0 Å². The Hall–Kier alpha value is -3.09. The fourth-order valence-corrected chi connectivity index (χ4v) is 3.28. The molecule has 2 aromatic carbocycles. The van der Waals surface area contributed by atoms with Crippen LogP contribution in [0.5, 0.6) is 0 Å². The summed E-state index contributed by atoms with van der Waals surface area (Å²) in [6.45, 7) is 2.86. The second-order valence-electron chi connectivity index (χ2n) is 6.94. The molecule has 2 aromatic rings. The van der Waals surface area contributed by atoms with E-state index in [-0.39, 0.29) is 5.56 Å². The topological polar surface area (TPSA) is 66.5 Å². The Morgan fingerprint density at radius 1 is 1.11 bits per heavy atom. The number of ketones is 1. The van der Waals surface area contributed by atoms with Gasteiger partial charge in [-0.2, -0.15) is 0 Å². The summed E-state index contributed by atoms with van der Waals surface area (Å²) in [6, 6.07) is 8.81. The first-order valence-electron chi connectivity index (χ1n) is 8.98. The van der Waals surface area contributed by atoms with Crippen molar-refractivity contribution in [3.63, 3.8) is 0 Å². The normalized spacial score (nSPS) is 19.1. The molecule has 1 heterocycles. The summed E-state index contributed by atoms with van der Waals surface area (Å²) in [5.41, 5.74) is -0.618. The molecule has 1 N–H and O–H groups in total. The lowest BCUT2D eigenvalue weighted by Crippen LogP contribution is -2.42. The molecule has 5 nitrogen and oxygen atoms in total. The van der Waals surface area contributed by atoms with E-state index in [1.165, 1.54) is 6.92 Å². The molecule has 0 unspecified atom stereocenters. The van der Waals surface area contributed by atoms with Gasteiger partial charge >= 0.3 is 6.03 Å². The van der Waals surface area contributed by atoms with Gasteiger partial charge in [0.25, 0.3) is 5.91 Å².